The van der Waals surface area contributed by atoms with Gasteiger partial charge in [0.15, 0.2) is 0 Å². The van der Waals surface area contributed by atoms with Crippen LogP contribution in [0.25, 0.3) is 10.8 Å². The zero-order valence-corrected chi connectivity index (χ0v) is 12.4. The Morgan fingerprint density at radius 2 is 1.80 bits per heavy atom. The van der Waals surface area contributed by atoms with Gasteiger partial charge in [0, 0.05) is 6.04 Å². The van der Waals surface area contributed by atoms with E-state index in [1.54, 1.807) is 0 Å². The highest BCUT2D eigenvalue weighted by molar-refractivity contribution is 5.86. The summed E-state index contributed by atoms with van der Waals surface area (Å²) in [6.07, 6.45) is 6.77. The summed E-state index contributed by atoms with van der Waals surface area (Å²) in [6, 6.07) is 16.1. The SMILES string of the molecule is CCCNC(c1cccc2ccccc12)C1CCCC1. The monoisotopic (exact) mass is 267 g/mol. The zero-order valence-electron chi connectivity index (χ0n) is 12.4. The Kier molecular flexibility index (Phi) is 4.37. The summed E-state index contributed by atoms with van der Waals surface area (Å²) in [5, 5.41) is 6.61. The topological polar surface area (TPSA) is 12.0 Å². The van der Waals surface area contributed by atoms with Gasteiger partial charge in [-0.1, -0.05) is 62.2 Å². The maximum Gasteiger partial charge on any atom is 0.0354 e. The summed E-state index contributed by atoms with van der Waals surface area (Å²) >= 11 is 0. The van der Waals surface area contributed by atoms with Gasteiger partial charge in [0.1, 0.15) is 0 Å². The van der Waals surface area contributed by atoms with E-state index >= 15 is 0 Å². The third-order valence-electron chi connectivity index (χ3n) is 4.64. The Balaban J connectivity index is 1.99. The minimum atomic E-state index is 0.531. The molecule has 1 atom stereocenters. The molecule has 3 rings (SSSR count). The molecule has 0 spiro atoms. The van der Waals surface area contributed by atoms with Crippen LogP contribution in [0.2, 0.25) is 0 Å². The lowest BCUT2D eigenvalue weighted by molar-refractivity contribution is 0.370. The van der Waals surface area contributed by atoms with Gasteiger partial charge in [0.25, 0.3) is 0 Å². The normalized spacial score (nSPS) is 17.6. The predicted molar refractivity (Wildman–Crippen MR) is 86.9 cm³/mol. The fraction of sp³-hybridized carbons (Fsp3) is 0.474. The van der Waals surface area contributed by atoms with Crippen molar-refractivity contribution < 1.29 is 0 Å². The van der Waals surface area contributed by atoms with Crippen LogP contribution in [0.3, 0.4) is 0 Å². The average molecular weight is 267 g/mol. The molecule has 1 saturated carbocycles. The van der Waals surface area contributed by atoms with Crippen LogP contribution in [0.1, 0.15) is 50.6 Å². The van der Waals surface area contributed by atoms with Gasteiger partial charge in [-0.25, -0.2) is 0 Å². The molecule has 0 amide bonds. The molecule has 0 aliphatic heterocycles. The highest BCUT2D eigenvalue weighted by Crippen LogP contribution is 2.38. The smallest absolute Gasteiger partial charge is 0.0354 e. The van der Waals surface area contributed by atoms with E-state index in [2.05, 4.69) is 54.7 Å². The van der Waals surface area contributed by atoms with Crippen molar-refractivity contribution in [1.82, 2.24) is 5.32 Å². The standard InChI is InChI=1S/C19H25N/c1-2-14-20-19(16-9-3-4-10-16)18-13-7-11-15-8-5-6-12-17(15)18/h5-8,11-13,16,19-20H,2-4,9-10,14H2,1H3. The fourth-order valence-corrected chi connectivity index (χ4v) is 3.64. The Morgan fingerprint density at radius 3 is 2.60 bits per heavy atom. The molecule has 20 heavy (non-hydrogen) atoms. The maximum atomic E-state index is 3.82. The highest BCUT2D eigenvalue weighted by atomic mass is 14.9. The van der Waals surface area contributed by atoms with Gasteiger partial charge in [-0.15, -0.1) is 0 Å². The second-order valence-corrected chi connectivity index (χ2v) is 6.04. The molecule has 1 nitrogen and oxygen atoms in total. The highest BCUT2D eigenvalue weighted by Gasteiger charge is 2.26. The lowest BCUT2D eigenvalue weighted by Gasteiger charge is -2.26. The van der Waals surface area contributed by atoms with Gasteiger partial charge in [-0.3, -0.25) is 0 Å². The van der Waals surface area contributed by atoms with Gasteiger partial charge in [0.2, 0.25) is 0 Å². The first-order valence-corrected chi connectivity index (χ1v) is 8.11. The second-order valence-electron chi connectivity index (χ2n) is 6.04. The van der Waals surface area contributed by atoms with E-state index in [4.69, 9.17) is 0 Å². The minimum Gasteiger partial charge on any atom is -0.310 e. The number of hydrogen-bond donors (Lipinski definition) is 1. The fourth-order valence-electron chi connectivity index (χ4n) is 3.64. The van der Waals surface area contributed by atoms with Crippen molar-refractivity contribution in [1.29, 1.82) is 0 Å². The molecule has 106 valence electrons. The van der Waals surface area contributed by atoms with E-state index in [1.165, 1.54) is 48.4 Å². The van der Waals surface area contributed by atoms with E-state index in [9.17, 15) is 0 Å². The average Bonchev–Trinajstić information content (AvgIpc) is 3.02. The van der Waals surface area contributed by atoms with Crippen molar-refractivity contribution in [3.05, 3.63) is 48.0 Å². The van der Waals surface area contributed by atoms with Crippen molar-refractivity contribution in [2.24, 2.45) is 5.92 Å². The van der Waals surface area contributed by atoms with E-state index in [0.717, 1.165) is 12.5 Å². The molecular formula is C19H25N. The lowest BCUT2D eigenvalue weighted by Crippen LogP contribution is -2.28. The van der Waals surface area contributed by atoms with Gasteiger partial charge in [0.05, 0.1) is 0 Å². The first-order valence-electron chi connectivity index (χ1n) is 8.11. The third kappa shape index (κ3) is 2.73. The summed E-state index contributed by atoms with van der Waals surface area (Å²) in [6.45, 7) is 3.37. The van der Waals surface area contributed by atoms with Gasteiger partial charge in [-0.05, 0) is 48.1 Å². The molecule has 0 saturated heterocycles. The molecule has 1 unspecified atom stereocenters. The summed E-state index contributed by atoms with van der Waals surface area (Å²) in [7, 11) is 0. The number of nitrogens with one attached hydrogen (secondary N) is 1. The largest absolute Gasteiger partial charge is 0.310 e. The molecule has 1 fully saturated rings. The number of fused-ring (bicyclic) bond motifs is 1. The van der Waals surface area contributed by atoms with Crippen LogP contribution in [0.15, 0.2) is 42.5 Å². The quantitative estimate of drug-likeness (QED) is 0.797. The van der Waals surface area contributed by atoms with Crippen LogP contribution in [0.5, 0.6) is 0 Å². The predicted octanol–water partition coefficient (Wildman–Crippen LogP) is 5.07. The van der Waals surface area contributed by atoms with Crippen LogP contribution in [0.4, 0.5) is 0 Å². The maximum absolute atomic E-state index is 3.82. The van der Waals surface area contributed by atoms with Crippen molar-refractivity contribution in [2.45, 2.75) is 45.1 Å². The molecular weight excluding hydrogens is 242 g/mol. The van der Waals surface area contributed by atoms with Crippen molar-refractivity contribution in [3.8, 4) is 0 Å². The second kappa shape index (κ2) is 6.41. The van der Waals surface area contributed by atoms with Crippen molar-refractivity contribution in [2.75, 3.05) is 6.54 Å². The first kappa shape index (κ1) is 13.6. The van der Waals surface area contributed by atoms with Crippen LogP contribution in [0, 0.1) is 5.92 Å². The van der Waals surface area contributed by atoms with Crippen LogP contribution < -0.4 is 5.32 Å². The Morgan fingerprint density at radius 1 is 1.05 bits per heavy atom. The van der Waals surface area contributed by atoms with Crippen LogP contribution in [-0.4, -0.2) is 6.54 Å². The third-order valence-corrected chi connectivity index (χ3v) is 4.64. The lowest BCUT2D eigenvalue weighted by atomic mass is 9.88. The molecule has 0 heterocycles. The summed E-state index contributed by atoms with van der Waals surface area (Å²) in [5.74, 6) is 0.812. The molecule has 2 aromatic carbocycles. The van der Waals surface area contributed by atoms with E-state index in [1.807, 2.05) is 0 Å². The molecule has 0 aromatic heterocycles. The molecule has 0 radical (unpaired) electrons. The molecule has 2 aromatic rings. The molecule has 1 heteroatoms. The minimum absolute atomic E-state index is 0.531. The van der Waals surface area contributed by atoms with Crippen molar-refractivity contribution >= 4 is 10.8 Å². The van der Waals surface area contributed by atoms with Crippen LogP contribution >= 0.6 is 0 Å². The van der Waals surface area contributed by atoms with Gasteiger partial charge >= 0.3 is 0 Å². The van der Waals surface area contributed by atoms with Crippen molar-refractivity contribution in [3.63, 3.8) is 0 Å². The molecule has 1 N–H and O–H groups in total. The summed E-state index contributed by atoms with van der Waals surface area (Å²) in [4.78, 5) is 0. The van der Waals surface area contributed by atoms with Gasteiger partial charge in [-0.2, -0.15) is 0 Å². The summed E-state index contributed by atoms with van der Waals surface area (Å²) in [5.41, 5.74) is 1.50. The van der Waals surface area contributed by atoms with Gasteiger partial charge < -0.3 is 5.32 Å². The number of rotatable bonds is 5. The van der Waals surface area contributed by atoms with Crippen LogP contribution in [-0.2, 0) is 0 Å². The Hall–Kier alpha value is -1.34. The molecule has 1 aliphatic rings. The molecule has 1 aliphatic carbocycles. The Labute approximate surface area is 122 Å². The van der Waals surface area contributed by atoms with E-state index in [-0.39, 0.29) is 0 Å². The number of benzene rings is 2. The van der Waals surface area contributed by atoms with E-state index < -0.39 is 0 Å². The molecule has 0 bridgehead atoms. The van der Waals surface area contributed by atoms with E-state index in [0.29, 0.717) is 6.04 Å². The number of hydrogen-bond acceptors (Lipinski definition) is 1. The Bertz CT molecular complexity index is 549. The first-order chi connectivity index (χ1) is 9.90. The zero-order chi connectivity index (χ0) is 13.8. The summed E-state index contributed by atoms with van der Waals surface area (Å²) < 4.78 is 0.